The quantitative estimate of drug-likeness (QED) is 0.385. The first-order valence-electron chi connectivity index (χ1n) is 11.4. The fraction of sp³-hybridized carbons (Fsp3) is 0.542. The summed E-state index contributed by atoms with van der Waals surface area (Å²) in [5.74, 6) is 0.248. The Labute approximate surface area is 195 Å². The minimum Gasteiger partial charge on any atom is -0.461 e. The van der Waals surface area contributed by atoms with Gasteiger partial charge in [0.1, 0.15) is 11.7 Å². The van der Waals surface area contributed by atoms with E-state index >= 15 is 0 Å². The van der Waals surface area contributed by atoms with Crippen molar-refractivity contribution in [3.63, 3.8) is 0 Å². The molecule has 0 radical (unpaired) electrons. The second-order valence-electron chi connectivity index (χ2n) is 9.75. The number of nitrogens with one attached hydrogen (secondary N) is 1. The first-order valence-corrected chi connectivity index (χ1v) is 12.2. The molecule has 2 aromatic rings. The topological polar surface area (TPSA) is 81.6 Å². The number of esters is 1. The highest BCUT2D eigenvalue weighted by Crippen LogP contribution is 2.62. The Bertz CT molecular complexity index is 1100. The van der Waals surface area contributed by atoms with Gasteiger partial charge in [-0.2, -0.15) is 0 Å². The maximum atomic E-state index is 12.9. The zero-order valence-electron chi connectivity index (χ0n) is 18.3. The summed E-state index contributed by atoms with van der Waals surface area (Å²) in [6.07, 6.45) is 5.21. The number of fused-ring (bicyclic) bond motifs is 5. The van der Waals surface area contributed by atoms with Crippen molar-refractivity contribution in [3.8, 4) is 5.69 Å². The highest BCUT2D eigenvalue weighted by atomic mass is 79.9. The minimum atomic E-state index is -0.141. The smallest absolute Gasteiger partial charge is 0.310 e. The van der Waals surface area contributed by atoms with Gasteiger partial charge in [-0.25, -0.2) is 4.68 Å². The van der Waals surface area contributed by atoms with E-state index in [1.165, 1.54) is 11.1 Å². The molecule has 168 valence electrons. The molecule has 6 rings (SSSR count). The Morgan fingerprint density at radius 3 is 2.94 bits per heavy atom. The number of carbonyl (C=O) groups is 1. The average molecular weight is 499 g/mol. The monoisotopic (exact) mass is 498 g/mol. The summed E-state index contributed by atoms with van der Waals surface area (Å²) in [6, 6.07) is 7.92. The van der Waals surface area contributed by atoms with Crippen LogP contribution >= 0.6 is 15.9 Å². The Balaban J connectivity index is 1.12. The standard InChI is InChI=1S/C24H27BrN4O3/c1-13-3-8-17-19(23(30)31-22(17)21-18(13)9-20-24(21,2)32-20)11-26-10-15-12-29(28-27-15)16-6-4-14(25)5-7-16/h4-7,12,17,19-22,26H,3,8-11H2,1-2H3/t17-,19-,20+,21-,22-,24+/m0/s1. The van der Waals surface area contributed by atoms with E-state index in [1.807, 2.05) is 30.5 Å². The van der Waals surface area contributed by atoms with E-state index in [1.54, 1.807) is 4.68 Å². The van der Waals surface area contributed by atoms with Crippen molar-refractivity contribution < 1.29 is 14.3 Å². The molecule has 3 heterocycles. The Hall–Kier alpha value is -2.03. The second kappa shape index (κ2) is 7.50. The molecule has 3 fully saturated rings. The van der Waals surface area contributed by atoms with E-state index < -0.39 is 0 Å². The number of benzene rings is 1. The zero-order valence-corrected chi connectivity index (χ0v) is 19.8. The van der Waals surface area contributed by atoms with Crippen LogP contribution in [-0.4, -0.2) is 45.3 Å². The molecule has 6 atom stereocenters. The van der Waals surface area contributed by atoms with Gasteiger partial charge in [0.25, 0.3) is 0 Å². The van der Waals surface area contributed by atoms with Gasteiger partial charge in [0.2, 0.25) is 0 Å². The van der Waals surface area contributed by atoms with E-state index in [0.29, 0.717) is 19.2 Å². The van der Waals surface area contributed by atoms with Gasteiger partial charge >= 0.3 is 5.97 Å². The molecular formula is C24H27BrN4O3. The van der Waals surface area contributed by atoms with Crippen LogP contribution in [0.4, 0.5) is 0 Å². The highest BCUT2D eigenvalue weighted by Gasteiger charge is 2.69. The number of hydrogen-bond donors (Lipinski definition) is 1. The number of hydrogen-bond acceptors (Lipinski definition) is 6. The molecule has 0 bridgehead atoms. The van der Waals surface area contributed by atoms with Crippen LogP contribution in [-0.2, 0) is 20.8 Å². The lowest BCUT2D eigenvalue weighted by molar-refractivity contribution is -0.146. The van der Waals surface area contributed by atoms with Crippen LogP contribution in [0.1, 0.15) is 38.8 Å². The van der Waals surface area contributed by atoms with Crippen molar-refractivity contribution in [1.82, 2.24) is 20.3 Å². The Morgan fingerprint density at radius 2 is 2.12 bits per heavy atom. The summed E-state index contributed by atoms with van der Waals surface area (Å²) < 4.78 is 14.8. The molecule has 32 heavy (non-hydrogen) atoms. The molecule has 1 saturated carbocycles. The van der Waals surface area contributed by atoms with E-state index in [4.69, 9.17) is 9.47 Å². The molecule has 0 amide bonds. The number of epoxide rings is 1. The number of allylic oxidation sites excluding steroid dienone is 1. The molecular weight excluding hydrogens is 472 g/mol. The molecule has 1 aromatic carbocycles. The molecule has 2 aliphatic carbocycles. The summed E-state index contributed by atoms with van der Waals surface area (Å²) in [5.41, 5.74) is 4.62. The normalized spacial score (nSPS) is 35.2. The van der Waals surface area contributed by atoms with Gasteiger partial charge in [-0.15, -0.1) is 5.10 Å². The summed E-state index contributed by atoms with van der Waals surface area (Å²) >= 11 is 3.45. The molecule has 1 aromatic heterocycles. The third-order valence-corrected chi connectivity index (χ3v) is 8.43. The predicted molar refractivity (Wildman–Crippen MR) is 121 cm³/mol. The summed E-state index contributed by atoms with van der Waals surface area (Å²) in [5, 5.41) is 11.9. The molecule has 0 unspecified atom stereocenters. The van der Waals surface area contributed by atoms with Crippen molar-refractivity contribution >= 4 is 21.9 Å². The van der Waals surface area contributed by atoms with Crippen LogP contribution in [0.25, 0.3) is 5.69 Å². The molecule has 4 aliphatic rings. The lowest BCUT2D eigenvalue weighted by atomic mass is 9.78. The number of ether oxygens (including phenoxy) is 2. The van der Waals surface area contributed by atoms with Crippen molar-refractivity contribution in [3.05, 3.63) is 51.8 Å². The second-order valence-corrected chi connectivity index (χ2v) is 10.7. The van der Waals surface area contributed by atoms with Crippen LogP contribution in [0.3, 0.4) is 0 Å². The van der Waals surface area contributed by atoms with Crippen molar-refractivity contribution in [1.29, 1.82) is 0 Å². The van der Waals surface area contributed by atoms with Gasteiger partial charge in [0.15, 0.2) is 0 Å². The van der Waals surface area contributed by atoms with Crippen LogP contribution in [0.2, 0.25) is 0 Å². The SMILES string of the molecule is CC1=C2C[C@H]3O[C@@]3(C)[C@@H]2[C@H]2OC(=O)[C@@H](CNCc3cn(-c4ccc(Br)cc4)nn3)[C@@H]2CC1. The molecule has 7 nitrogen and oxygen atoms in total. The van der Waals surface area contributed by atoms with Crippen molar-refractivity contribution in [2.45, 2.75) is 57.5 Å². The Kier molecular flexibility index (Phi) is 4.82. The number of halogens is 1. The Morgan fingerprint density at radius 1 is 1.31 bits per heavy atom. The lowest BCUT2D eigenvalue weighted by Gasteiger charge is -2.28. The van der Waals surface area contributed by atoms with Gasteiger partial charge in [-0.3, -0.25) is 4.79 Å². The maximum Gasteiger partial charge on any atom is 0.310 e. The number of carbonyl (C=O) groups excluding carboxylic acids is 1. The predicted octanol–water partition coefficient (Wildman–Crippen LogP) is 3.56. The molecule has 8 heteroatoms. The van der Waals surface area contributed by atoms with Gasteiger partial charge in [-0.05, 0) is 57.4 Å². The van der Waals surface area contributed by atoms with E-state index in [0.717, 1.165) is 35.1 Å². The molecule has 1 N–H and O–H groups in total. The van der Waals surface area contributed by atoms with Gasteiger partial charge in [0.05, 0.1) is 29.6 Å². The fourth-order valence-electron chi connectivity index (χ4n) is 6.05. The van der Waals surface area contributed by atoms with Crippen molar-refractivity contribution in [2.24, 2.45) is 17.8 Å². The van der Waals surface area contributed by atoms with E-state index in [2.05, 4.69) is 45.4 Å². The lowest BCUT2D eigenvalue weighted by Crippen LogP contribution is -2.37. The first-order chi connectivity index (χ1) is 15.4. The van der Waals surface area contributed by atoms with Crippen LogP contribution in [0, 0.1) is 17.8 Å². The number of aromatic nitrogens is 3. The largest absolute Gasteiger partial charge is 0.461 e. The maximum absolute atomic E-state index is 12.9. The zero-order chi connectivity index (χ0) is 22.0. The average Bonchev–Trinajstić information content (AvgIpc) is 3.06. The minimum absolute atomic E-state index is 0.0578. The van der Waals surface area contributed by atoms with Crippen LogP contribution in [0.15, 0.2) is 46.1 Å². The number of nitrogens with zero attached hydrogens (tertiary/aromatic N) is 3. The number of rotatable bonds is 5. The summed E-state index contributed by atoms with van der Waals surface area (Å²) in [4.78, 5) is 12.9. The third kappa shape index (κ3) is 3.26. The van der Waals surface area contributed by atoms with Gasteiger partial charge in [-0.1, -0.05) is 32.3 Å². The fourth-order valence-corrected chi connectivity index (χ4v) is 6.32. The summed E-state index contributed by atoms with van der Waals surface area (Å²) in [7, 11) is 0. The van der Waals surface area contributed by atoms with E-state index in [-0.39, 0.29) is 35.4 Å². The van der Waals surface area contributed by atoms with Crippen molar-refractivity contribution in [2.75, 3.05) is 6.54 Å². The molecule has 2 aliphatic heterocycles. The van der Waals surface area contributed by atoms with Gasteiger partial charge in [0, 0.05) is 29.4 Å². The molecule has 0 spiro atoms. The van der Waals surface area contributed by atoms with E-state index in [9.17, 15) is 4.79 Å². The highest BCUT2D eigenvalue weighted by molar-refractivity contribution is 9.10. The first kappa shape index (κ1) is 20.6. The summed E-state index contributed by atoms with van der Waals surface area (Å²) in [6.45, 7) is 5.60. The van der Waals surface area contributed by atoms with Gasteiger partial charge < -0.3 is 14.8 Å². The van der Waals surface area contributed by atoms with Crippen LogP contribution in [0.5, 0.6) is 0 Å². The third-order valence-electron chi connectivity index (χ3n) is 7.90. The molecule has 2 saturated heterocycles. The van der Waals surface area contributed by atoms with Crippen LogP contribution < -0.4 is 5.32 Å².